The summed E-state index contributed by atoms with van der Waals surface area (Å²) < 4.78 is 13.7. The number of carbonyl (C=O) groups is 1. The minimum atomic E-state index is -0.298. The molecule has 4 atom stereocenters. The molecule has 2 aliphatic heterocycles. The summed E-state index contributed by atoms with van der Waals surface area (Å²) in [6, 6.07) is 8.25. The van der Waals surface area contributed by atoms with Crippen molar-refractivity contribution in [2.75, 3.05) is 26.7 Å². The van der Waals surface area contributed by atoms with Crippen molar-refractivity contribution in [3.05, 3.63) is 35.5 Å². The van der Waals surface area contributed by atoms with E-state index in [4.69, 9.17) is 6.11 Å². The zero-order chi connectivity index (χ0) is 16.7. The average molecular weight is 313 g/mol. The van der Waals surface area contributed by atoms with E-state index in [0.29, 0.717) is 6.42 Å². The molecular weight excluding hydrogens is 288 g/mol. The molecule has 3 heterocycles. The summed E-state index contributed by atoms with van der Waals surface area (Å²) in [6.45, 7) is 1.67. The fourth-order valence-electron chi connectivity index (χ4n) is 4.19. The van der Waals surface area contributed by atoms with Gasteiger partial charge in [0, 0.05) is 31.0 Å². The van der Waals surface area contributed by atoms with Gasteiger partial charge in [0.2, 0.25) is 0 Å². The lowest BCUT2D eigenvalue weighted by atomic mass is 9.86. The summed E-state index contributed by atoms with van der Waals surface area (Å²) in [5, 5.41) is 1.19. The van der Waals surface area contributed by atoms with Crippen molar-refractivity contribution in [1.82, 2.24) is 9.88 Å². The molecule has 0 spiro atoms. The Labute approximate surface area is 138 Å². The SMILES string of the molecule is [2H]C1[C@H]2CCCN1CCc1c([nH]c3ccccc13)[C@@H](C(=O)OC)C2. The van der Waals surface area contributed by atoms with Gasteiger partial charge in [-0.3, -0.25) is 4.79 Å². The van der Waals surface area contributed by atoms with E-state index in [-0.39, 0.29) is 24.3 Å². The molecule has 4 heteroatoms. The van der Waals surface area contributed by atoms with Crippen LogP contribution >= 0.6 is 0 Å². The number of esters is 1. The predicted octanol–water partition coefficient (Wildman–Crippen LogP) is 3.08. The van der Waals surface area contributed by atoms with E-state index in [1.54, 1.807) is 0 Å². The summed E-state index contributed by atoms with van der Waals surface area (Å²) in [5.74, 6) is -0.262. The van der Waals surface area contributed by atoms with Gasteiger partial charge < -0.3 is 14.6 Å². The second-order valence-electron chi connectivity index (χ2n) is 6.71. The first-order valence-electron chi connectivity index (χ1n) is 9.10. The van der Waals surface area contributed by atoms with Crippen LogP contribution in [0.5, 0.6) is 0 Å². The van der Waals surface area contributed by atoms with E-state index in [1.165, 1.54) is 18.1 Å². The Hall–Kier alpha value is -1.81. The third kappa shape index (κ3) is 2.65. The van der Waals surface area contributed by atoms with Gasteiger partial charge in [-0.05, 0) is 49.8 Å². The molecule has 2 aliphatic rings. The molecule has 1 fully saturated rings. The maximum atomic E-state index is 12.5. The number of carbonyl (C=O) groups excluding carboxylic acids is 1. The van der Waals surface area contributed by atoms with Gasteiger partial charge in [0.15, 0.2) is 0 Å². The molecule has 1 aromatic carbocycles. The van der Waals surface area contributed by atoms with Crippen molar-refractivity contribution in [2.45, 2.75) is 31.6 Å². The Balaban J connectivity index is 1.84. The highest BCUT2D eigenvalue weighted by Crippen LogP contribution is 2.36. The standard InChI is InChI=1S/C19H24N2O2/c1-23-19(22)16-11-13-5-4-9-21(12-13)10-8-15-14-6-2-3-7-17(14)20-18(15)16/h2-3,6-7,13,16,20H,4-5,8-12H2,1H3/t13-,16-/m0/s1/i12D/t12?,13-,16-. The van der Waals surface area contributed by atoms with Crippen LogP contribution in [0.15, 0.2) is 24.3 Å². The molecule has 122 valence electrons. The van der Waals surface area contributed by atoms with Crippen LogP contribution < -0.4 is 0 Å². The number of nitrogens with zero attached hydrogens (tertiary/aromatic N) is 1. The highest BCUT2D eigenvalue weighted by atomic mass is 16.5. The number of benzene rings is 1. The summed E-state index contributed by atoms with van der Waals surface area (Å²) in [5.41, 5.74) is 3.31. The van der Waals surface area contributed by atoms with Crippen molar-refractivity contribution < 1.29 is 10.9 Å². The molecule has 2 bridgehead atoms. The van der Waals surface area contributed by atoms with Gasteiger partial charge in [0.25, 0.3) is 0 Å². The minimum absolute atomic E-state index is 0.186. The number of H-pyrrole nitrogens is 1. The molecule has 2 aromatic rings. The first kappa shape index (κ1) is 13.6. The highest BCUT2D eigenvalue weighted by Gasteiger charge is 2.33. The first-order chi connectivity index (χ1) is 11.7. The van der Waals surface area contributed by atoms with Gasteiger partial charge >= 0.3 is 5.97 Å². The Morgan fingerprint density at radius 1 is 1.39 bits per heavy atom. The number of methoxy groups -OCH3 is 1. The molecule has 1 saturated heterocycles. The summed E-state index contributed by atoms with van der Waals surface area (Å²) >= 11 is 0. The highest BCUT2D eigenvalue weighted by molar-refractivity contribution is 5.88. The molecule has 1 N–H and O–H groups in total. The van der Waals surface area contributed by atoms with Gasteiger partial charge in [-0.2, -0.15) is 0 Å². The van der Waals surface area contributed by atoms with Crippen LogP contribution in [0.3, 0.4) is 0 Å². The van der Waals surface area contributed by atoms with Crippen LogP contribution in [-0.4, -0.2) is 42.6 Å². The topological polar surface area (TPSA) is 45.3 Å². The molecule has 0 saturated carbocycles. The van der Waals surface area contributed by atoms with E-state index in [1.807, 2.05) is 12.1 Å². The zero-order valence-corrected chi connectivity index (χ0v) is 13.5. The van der Waals surface area contributed by atoms with Crippen molar-refractivity contribution in [3.63, 3.8) is 0 Å². The molecule has 1 aromatic heterocycles. The van der Waals surface area contributed by atoms with Crippen molar-refractivity contribution >= 4 is 16.9 Å². The Morgan fingerprint density at radius 2 is 2.26 bits per heavy atom. The van der Waals surface area contributed by atoms with E-state index < -0.39 is 0 Å². The molecular formula is C19H24N2O2. The van der Waals surface area contributed by atoms with Crippen LogP contribution in [-0.2, 0) is 16.0 Å². The van der Waals surface area contributed by atoms with Gasteiger partial charge in [-0.25, -0.2) is 0 Å². The third-order valence-electron chi connectivity index (χ3n) is 5.31. The third-order valence-corrected chi connectivity index (χ3v) is 5.31. The number of rotatable bonds is 1. The van der Waals surface area contributed by atoms with E-state index in [0.717, 1.165) is 43.6 Å². The molecule has 0 aliphatic carbocycles. The van der Waals surface area contributed by atoms with Crippen molar-refractivity contribution in [1.29, 1.82) is 0 Å². The fourth-order valence-corrected chi connectivity index (χ4v) is 4.19. The smallest absolute Gasteiger partial charge is 0.314 e. The largest absolute Gasteiger partial charge is 0.469 e. The maximum Gasteiger partial charge on any atom is 0.314 e. The molecule has 23 heavy (non-hydrogen) atoms. The molecule has 4 rings (SSSR count). The van der Waals surface area contributed by atoms with E-state index in [9.17, 15) is 4.79 Å². The number of fused-ring (bicyclic) bond motifs is 5. The van der Waals surface area contributed by atoms with Gasteiger partial charge in [0.1, 0.15) is 0 Å². The number of ether oxygens (including phenoxy) is 1. The quantitative estimate of drug-likeness (QED) is 0.823. The normalized spacial score (nSPS) is 31.4. The number of aromatic amines is 1. The molecule has 0 amide bonds. The minimum Gasteiger partial charge on any atom is -0.469 e. The van der Waals surface area contributed by atoms with Gasteiger partial charge in [-0.1, -0.05) is 18.2 Å². The maximum absolute atomic E-state index is 12.5. The fraction of sp³-hybridized carbons (Fsp3) is 0.526. The number of hydrogen-bond donors (Lipinski definition) is 1. The lowest BCUT2D eigenvalue weighted by Crippen LogP contribution is -2.36. The lowest BCUT2D eigenvalue weighted by Gasteiger charge is -2.32. The zero-order valence-electron chi connectivity index (χ0n) is 14.5. The number of aromatic nitrogens is 1. The second-order valence-corrected chi connectivity index (χ2v) is 6.71. The Kier molecular flexibility index (Phi) is 3.55. The number of nitrogens with one attached hydrogen (secondary N) is 1. The monoisotopic (exact) mass is 313 g/mol. The number of hydrogen-bond acceptors (Lipinski definition) is 3. The van der Waals surface area contributed by atoms with E-state index >= 15 is 0 Å². The van der Waals surface area contributed by atoms with Gasteiger partial charge in [-0.15, -0.1) is 0 Å². The number of para-hydroxylation sites is 1. The molecule has 0 radical (unpaired) electrons. The van der Waals surface area contributed by atoms with Crippen LogP contribution in [0.2, 0.25) is 0 Å². The number of piperidine rings is 1. The van der Waals surface area contributed by atoms with Crippen LogP contribution in [0.25, 0.3) is 10.9 Å². The van der Waals surface area contributed by atoms with Gasteiger partial charge in [0.05, 0.1) is 13.0 Å². The van der Waals surface area contributed by atoms with Crippen LogP contribution in [0.1, 0.15) is 37.8 Å². The summed E-state index contributed by atoms with van der Waals surface area (Å²) in [6.07, 6.45) is 3.70. The second kappa shape index (κ2) is 6.00. The molecule has 4 nitrogen and oxygen atoms in total. The summed E-state index contributed by atoms with van der Waals surface area (Å²) in [7, 11) is 1.46. The van der Waals surface area contributed by atoms with Crippen LogP contribution in [0, 0.1) is 5.92 Å². The van der Waals surface area contributed by atoms with Crippen molar-refractivity contribution in [2.24, 2.45) is 5.92 Å². The van der Waals surface area contributed by atoms with Crippen LogP contribution in [0.4, 0.5) is 0 Å². The Bertz CT molecular complexity index is 757. The Morgan fingerprint density at radius 3 is 3.13 bits per heavy atom. The summed E-state index contributed by atoms with van der Waals surface area (Å²) in [4.78, 5) is 18.3. The lowest BCUT2D eigenvalue weighted by molar-refractivity contribution is -0.143. The first-order valence-corrected chi connectivity index (χ1v) is 8.52. The predicted molar refractivity (Wildman–Crippen MR) is 90.5 cm³/mol. The van der Waals surface area contributed by atoms with E-state index in [2.05, 4.69) is 22.0 Å². The molecule has 2 unspecified atom stereocenters. The average Bonchev–Trinajstić information content (AvgIpc) is 2.97. The van der Waals surface area contributed by atoms with Crippen molar-refractivity contribution in [3.8, 4) is 0 Å².